The topological polar surface area (TPSA) is 30.5 Å². The first-order chi connectivity index (χ1) is 7.88. The summed E-state index contributed by atoms with van der Waals surface area (Å²) in [6.45, 7) is 4.91. The molecular weight excluding hydrogens is 202 g/mol. The molecule has 0 spiro atoms. The molecule has 0 aromatic carbocycles. The minimum Gasteiger partial charge on any atom is -0.376 e. The molecule has 3 heteroatoms. The van der Waals surface area contributed by atoms with Crippen LogP contribution in [0.3, 0.4) is 0 Å². The Hall–Kier alpha value is -0.120. The second-order valence-electron chi connectivity index (χ2n) is 5.03. The molecule has 1 aliphatic heterocycles. The third-order valence-electron chi connectivity index (χ3n) is 3.46. The van der Waals surface area contributed by atoms with E-state index < -0.39 is 0 Å². The van der Waals surface area contributed by atoms with Gasteiger partial charge in [-0.05, 0) is 38.5 Å². The molecule has 1 heterocycles. The molecule has 2 rings (SSSR count). The fourth-order valence-electron chi connectivity index (χ4n) is 2.09. The summed E-state index contributed by atoms with van der Waals surface area (Å²) in [7, 11) is 0. The van der Waals surface area contributed by atoms with Gasteiger partial charge in [0, 0.05) is 19.2 Å². The van der Waals surface area contributed by atoms with Gasteiger partial charge in [-0.15, -0.1) is 0 Å². The van der Waals surface area contributed by atoms with Crippen LogP contribution in [0, 0.1) is 0 Å². The van der Waals surface area contributed by atoms with Crippen LogP contribution in [-0.2, 0) is 9.47 Å². The van der Waals surface area contributed by atoms with Gasteiger partial charge in [0.1, 0.15) is 0 Å². The molecule has 3 nitrogen and oxygen atoms in total. The molecule has 1 aliphatic carbocycles. The van der Waals surface area contributed by atoms with Gasteiger partial charge in [-0.3, -0.25) is 0 Å². The fraction of sp³-hybridized carbons (Fsp3) is 1.00. The minimum absolute atomic E-state index is 0.351. The largest absolute Gasteiger partial charge is 0.376 e. The average Bonchev–Trinajstić information content (AvgIpc) is 3.15. The van der Waals surface area contributed by atoms with Crippen molar-refractivity contribution in [2.24, 2.45) is 0 Å². The van der Waals surface area contributed by atoms with Crippen LogP contribution in [0.5, 0.6) is 0 Å². The third-order valence-corrected chi connectivity index (χ3v) is 3.46. The zero-order valence-corrected chi connectivity index (χ0v) is 10.4. The van der Waals surface area contributed by atoms with Crippen molar-refractivity contribution in [1.29, 1.82) is 0 Å². The van der Waals surface area contributed by atoms with Crippen molar-refractivity contribution in [3.8, 4) is 0 Å². The normalized spacial score (nSPS) is 27.9. The Bertz CT molecular complexity index is 188. The number of ether oxygens (including phenoxy) is 2. The Morgan fingerprint density at radius 3 is 2.81 bits per heavy atom. The zero-order valence-electron chi connectivity index (χ0n) is 10.4. The van der Waals surface area contributed by atoms with Gasteiger partial charge >= 0.3 is 0 Å². The monoisotopic (exact) mass is 227 g/mol. The van der Waals surface area contributed by atoms with E-state index >= 15 is 0 Å². The Morgan fingerprint density at radius 1 is 1.31 bits per heavy atom. The molecule has 1 saturated carbocycles. The predicted octanol–water partition coefficient (Wildman–Crippen LogP) is 2.10. The maximum absolute atomic E-state index is 5.92. The summed E-state index contributed by atoms with van der Waals surface area (Å²) >= 11 is 0. The zero-order chi connectivity index (χ0) is 11.2. The Kier molecular flexibility index (Phi) is 5.07. The standard InChI is InChI=1S/C13H25NO2/c1-2-12(9-14-11-6-7-11)16-10-13-5-3-4-8-15-13/h11-14H,2-10H2,1H3. The Balaban J connectivity index is 1.57. The molecular formula is C13H25NO2. The van der Waals surface area contributed by atoms with Gasteiger partial charge in [-0.25, -0.2) is 0 Å². The molecule has 0 bridgehead atoms. The summed E-state index contributed by atoms with van der Waals surface area (Å²) in [6.07, 6.45) is 8.19. The minimum atomic E-state index is 0.351. The van der Waals surface area contributed by atoms with E-state index in [9.17, 15) is 0 Å². The lowest BCUT2D eigenvalue weighted by Gasteiger charge is -2.25. The highest BCUT2D eigenvalue weighted by Crippen LogP contribution is 2.19. The van der Waals surface area contributed by atoms with E-state index in [0.717, 1.165) is 32.2 Å². The highest BCUT2D eigenvalue weighted by Gasteiger charge is 2.22. The van der Waals surface area contributed by atoms with Crippen molar-refractivity contribution < 1.29 is 9.47 Å². The van der Waals surface area contributed by atoms with Crippen LogP contribution in [-0.4, -0.2) is 38.0 Å². The van der Waals surface area contributed by atoms with Crippen LogP contribution in [0.25, 0.3) is 0 Å². The second kappa shape index (κ2) is 6.58. The van der Waals surface area contributed by atoms with Crippen molar-refractivity contribution in [3.05, 3.63) is 0 Å². The molecule has 1 N–H and O–H groups in total. The molecule has 1 saturated heterocycles. The number of nitrogens with one attached hydrogen (secondary N) is 1. The van der Waals surface area contributed by atoms with E-state index in [2.05, 4.69) is 12.2 Å². The lowest BCUT2D eigenvalue weighted by atomic mass is 10.1. The summed E-state index contributed by atoms with van der Waals surface area (Å²) in [5.41, 5.74) is 0. The molecule has 0 aromatic rings. The number of rotatable bonds is 7. The van der Waals surface area contributed by atoms with Crippen molar-refractivity contribution in [2.45, 2.75) is 63.7 Å². The predicted molar refractivity (Wildman–Crippen MR) is 64.6 cm³/mol. The quantitative estimate of drug-likeness (QED) is 0.722. The highest BCUT2D eigenvalue weighted by molar-refractivity contribution is 4.82. The van der Waals surface area contributed by atoms with Gasteiger partial charge in [-0.2, -0.15) is 0 Å². The first-order valence-electron chi connectivity index (χ1n) is 6.85. The summed E-state index contributed by atoms with van der Waals surface area (Å²) in [4.78, 5) is 0. The fourth-order valence-corrected chi connectivity index (χ4v) is 2.09. The van der Waals surface area contributed by atoms with Crippen molar-refractivity contribution in [3.63, 3.8) is 0 Å². The van der Waals surface area contributed by atoms with Crippen LogP contribution in [0.15, 0.2) is 0 Å². The van der Waals surface area contributed by atoms with Crippen LogP contribution >= 0.6 is 0 Å². The molecule has 94 valence electrons. The van der Waals surface area contributed by atoms with Gasteiger partial charge in [0.2, 0.25) is 0 Å². The average molecular weight is 227 g/mol. The maximum atomic E-state index is 5.92. The first kappa shape index (κ1) is 12.3. The van der Waals surface area contributed by atoms with Crippen LogP contribution in [0.2, 0.25) is 0 Å². The summed E-state index contributed by atoms with van der Waals surface area (Å²) in [6, 6.07) is 0.781. The van der Waals surface area contributed by atoms with Crippen molar-refractivity contribution >= 4 is 0 Å². The maximum Gasteiger partial charge on any atom is 0.0808 e. The lowest BCUT2D eigenvalue weighted by molar-refractivity contribution is -0.0629. The van der Waals surface area contributed by atoms with Gasteiger partial charge in [0.05, 0.1) is 18.8 Å². The second-order valence-corrected chi connectivity index (χ2v) is 5.03. The van der Waals surface area contributed by atoms with Gasteiger partial charge < -0.3 is 14.8 Å². The third kappa shape index (κ3) is 4.40. The summed E-state index contributed by atoms with van der Waals surface area (Å²) in [5.74, 6) is 0. The molecule has 0 aromatic heterocycles. The Morgan fingerprint density at radius 2 is 2.19 bits per heavy atom. The van der Waals surface area contributed by atoms with E-state index in [-0.39, 0.29) is 0 Å². The van der Waals surface area contributed by atoms with Gasteiger partial charge in [0.15, 0.2) is 0 Å². The highest BCUT2D eigenvalue weighted by atomic mass is 16.5. The van der Waals surface area contributed by atoms with Crippen LogP contribution < -0.4 is 5.32 Å². The van der Waals surface area contributed by atoms with E-state index in [1.807, 2.05) is 0 Å². The molecule has 2 aliphatic rings. The summed E-state index contributed by atoms with van der Waals surface area (Å²) in [5, 5.41) is 3.53. The molecule has 2 atom stereocenters. The molecule has 2 fully saturated rings. The molecule has 2 unspecified atom stereocenters. The molecule has 16 heavy (non-hydrogen) atoms. The van der Waals surface area contributed by atoms with Crippen LogP contribution in [0.1, 0.15) is 45.4 Å². The molecule has 0 amide bonds. The number of hydrogen-bond acceptors (Lipinski definition) is 3. The van der Waals surface area contributed by atoms with Crippen molar-refractivity contribution in [1.82, 2.24) is 5.32 Å². The van der Waals surface area contributed by atoms with E-state index in [0.29, 0.717) is 12.2 Å². The van der Waals surface area contributed by atoms with E-state index in [1.54, 1.807) is 0 Å². The SMILES string of the molecule is CCC(CNC1CC1)OCC1CCCCO1. The lowest BCUT2D eigenvalue weighted by Crippen LogP contribution is -2.33. The Labute approximate surface area is 98.9 Å². The smallest absolute Gasteiger partial charge is 0.0808 e. The first-order valence-corrected chi connectivity index (χ1v) is 6.85. The van der Waals surface area contributed by atoms with Gasteiger partial charge in [-0.1, -0.05) is 6.92 Å². The van der Waals surface area contributed by atoms with E-state index in [1.165, 1.54) is 32.1 Å². The van der Waals surface area contributed by atoms with Crippen LogP contribution in [0.4, 0.5) is 0 Å². The summed E-state index contributed by atoms with van der Waals surface area (Å²) < 4.78 is 11.6. The number of hydrogen-bond donors (Lipinski definition) is 1. The van der Waals surface area contributed by atoms with E-state index in [4.69, 9.17) is 9.47 Å². The van der Waals surface area contributed by atoms with Crippen molar-refractivity contribution in [2.75, 3.05) is 19.8 Å². The van der Waals surface area contributed by atoms with Gasteiger partial charge in [0.25, 0.3) is 0 Å². The molecule has 0 radical (unpaired) electrons.